The van der Waals surface area contributed by atoms with Gasteiger partial charge in [-0.05, 0) is 36.0 Å². The van der Waals surface area contributed by atoms with Gasteiger partial charge in [0, 0.05) is 6.07 Å². The molecule has 0 saturated heterocycles. The van der Waals surface area contributed by atoms with Gasteiger partial charge >= 0.3 is 0 Å². The van der Waals surface area contributed by atoms with Gasteiger partial charge in [-0.3, -0.25) is 11.3 Å². The first-order valence-electron chi connectivity index (χ1n) is 6.82. The van der Waals surface area contributed by atoms with Crippen molar-refractivity contribution in [3.63, 3.8) is 0 Å². The van der Waals surface area contributed by atoms with E-state index in [0.717, 1.165) is 17.1 Å². The maximum absolute atomic E-state index is 5.82. The lowest BCUT2D eigenvalue weighted by atomic mass is 9.77. The van der Waals surface area contributed by atoms with Crippen molar-refractivity contribution >= 4 is 0 Å². The van der Waals surface area contributed by atoms with Crippen LogP contribution in [0.1, 0.15) is 44.2 Å². The minimum atomic E-state index is 0.124. The SMILES string of the molecule is COc1cc(OC)cc(C(NN)C2(C)CCCC2)c1. The van der Waals surface area contributed by atoms with Gasteiger partial charge in [0.25, 0.3) is 0 Å². The quantitative estimate of drug-likeness (QED) is 0.634. The summed E-state index contributed by atoms with van der Waals surface area (Å²) in [5.41, 5.74) is 4.32. The van der Waals surface area contributed by atoms with Crippen molar-refractivity contribution in [2.75, 3.05) is 14.2 Å². The number of ether oxygens (including phenoxy) is 2. The normalized spacial score (nSPS) is 19.2. The average molecular weight is 264 g/mol. The van der Waals surface area contributed by atoms with Crippen molar-refractivity contribution in [2.24, 2.45) is 11.3 Å². The first-order valence-corrected chi connectivity index (χ1v) is 6.82. The van der Waals surface area contributed by atoms with Gasteiger partial charge < -0.3 is 9.47 Å². The average Bonchev–Trinajstić information content (AvgIpc) is 2.86. The number of hydrogen-bond donors (Lipinski definition) is 2. The van der Waals surface area contributed by atoms with Gasteiger partial charge in [-0.15, -0.1) is 0 Å². The number of hydrogen-bond acceptors (Lipinski definition) is 4. The van der Waals surface area contributed by atoms with E-state index >= 15 is 0 Å². The molecular formula is C15H24N2O2. The fraction of sp³-hybridized carbons (Fsp3) is 0.600. The van der Waals surface area contributed by atoms with Gasteiger partial charge in [-0.2, -0.15) is 0 Å². The van der Waals surface area contributed by atoms with Crippen molar-refractivity contribution < 1.29 is 9.47 Å². The minimum Gasteiger partial charge on any atom is -0.497 e. The molecule has 1 saturated carbocycles. The topological polar surface area (TPSA) is 56.5 Å². The summed E-state index contributed by atoms with van der Waals surface area (Å²) in [7, 11) is 3.33. The Labute approximate surface area is 115 Å². The standard InChI is InChI=1S/C15H24N2O2/c1-15(6-4-5-7-15)14(17-16)11-8-12(18-2)10-13(9-11)19-3/h8-10,14,17H,4-7,16H2,1-3H3. The molecule has 0 aromatic heterocycles. The number of benzene rings is 1. The molecule has 1 fully saturated rings. The largest absolute Gasteiger partial charge is 0.497 e. The molecule has 1 aliphatic carbocycles. The van der Waals surface area contributed by atoms with Crippen LogP contribution in [0.2, 0.25) is 0 Å². The van der Waals surface area contributed by atoms with Gasteiger partial charge in [0.15, 0.2) is 0 Å². The third-order valence-corrected chi connectivity index (χ3v) is 4.32. The van der Waals surface area contributed by atoms with Crippen LogP contribution in [0.3, 0.4) is 0 Å². The van der Waals surface area contributed by atoms with Crippen molar-refractivity contribution in [2.45, 2.75) is 38.6 Å². The van der Waals surface area contributed by atoms with E-state index in [1.165, 1.54) is 25.7 Å². The molecule has 1 aromatic carbocycles. The first kappa shape index (κ1) is 14.2. The molecule has 0 bridgehead atoms. The molecule has 0 aliphatic heterocycles. The van der Waals surface area contributed by atoms with E-state index in [2.05, 4.69) is 12.3 Å². The summed E-state index contributed by atoms with van der Waals surface area (Å²) in [5, 5.41) is 0. The molecule has 106 valence electrons. The maximum atomic E-state index is 5.82. The van der Waals surface area contributed by atoms with Crippen LogP contribution in [-0.4, -0.2) is 14.2 Å². The molecule has 3 N–H and O–H groups in total. The summed E-state index contributed by atoms with van der Waals surface area (Å²) < 4.78 is 10.7. The highest BCUT2D eigenvalue weighted by Gasteiger charge is 2.37. The molecule has 0 radical (unpaired) electrons. The summed E-state index contributed by atoms with van der Waals surface area (Å²) >= 11 is 0. The summed E-state index contributed by atoms with van der Waals surface area (Å²) in [6.07, 6.45) is 4.94. The van der Waals surface area contributed by atoms with Gasteiger partial charge in [0.1, 0.15) is 11.5 Å². The number of nitrogens with two attached hydrogens (primary N) is 1. The molecule has 0 amide bonds. The van der Waals surface area contributed by atoms with Gasteiger partial charge in [0.2, 0.25) is 0 Å². The Bertz CT molecular complexity index is 406. The van der Waals surface area contributed by atoms with Crippen LogP contribution in [0.25, 0.3) is 0 Å². The molecule has 0 heterocycles. The number of nitrogens with one attached hydrogen (secondary N) is 1. The summed E-state index contributed by atoms with van der Waals surface area (Å²) in [5.74, 6) is 7.43. The predicted molar refractivity (Wildman–Crippen MR) is 76.2 cm³/mol. The third-order valence-electron chi connectivity index (χ3n) is 4.32. The zero-order valence-electron chi connectivity index (χ0n) is 12.0. The second-order valence-electron chi connectivity index (χ2n) is 5.61. The zero-order valence-corrected chi connectivity index (χ0v) is 12.0. The Kier molecular flexibility index (Phi) is 4.32. The molecule has 4 nitrogen and oxygen atoms in total. The van der Waals surface area contributed by atoms with Crippen molar-refractivity contribution in [1.82, 2.24) is 5.43 Å². The molecule has 2 rings (SSSR count). The molecule has 4 heteroatoms. The lowest BCUT2D eigenvalue weighted by Crippen LogP contribution is -2.38. The lowest BCUT2D eigenvalue weighted by molar-refractivity contribution is 0.224. The fourth-order valence-corrected chi connectivity index (χ4v) is 3.17. The van der Waals surface area contributed by atoms with E-state index in [-0.39, 0.29) is 11.5 Å². The first-order chi connectivity index (χ1) is 9.12. The van der Waals surface area contributed by atoms with Crippen LogP contribution < -0.4 is 20.7 Å². The third kappa shape index (κ3) is 2.85. The highest BCUT2D eigenvalue weighted by Crippen LogP contribution is 2.47. The van der Waals surface area contributed by atoms with Crippen LogP contribution in [0.4, 0.5) is 0 Å². The summed E-state index contributed by atoms with van der Waals surface area (Å²) in [6, 6.07) is 6.08. The molecule has 1 atom stereocenters. The number of rotatable bonds is 5. The van der Waals surface area contributed by atoms with Gasteiger partial charge in [-0.25, -0.2) is 0 Å². The zero-order chi connectivity index (χ0) is 13.9. The summed E-state index contributed by atoms with van der Waals surface area (Å²) in [4.78, 5) is 0. The van der Waals surface area contributed by atoms with E-state index in [0.29, 0.717) is 0 Å². The minimum absolute atomic E-state index is 0.124. The van der Waals surface area contributed by atoms with Crippen LogP contribution in [0, 0.1) is 5.41 Å². The van der Waals surface area contributed by atoms with Crippen molar-refractivity contribution in [3.05, 3.63) is 23.8 Å². The van der Waals surface area contributed by atoms with Crippen molar-refractivity contribution in [1.29, 1.82) is 0 Å². The molecule has 19 heavy (non-hydrogen) atoms. The van der Waals surface area contributed by atoms with E-state index < -0.39 is 0 Å². The monoisotopic (exact) mass is 264 g/mol. The van der Waals surface area contributed by atoms with Crippen LogP contribution >= 0.6 is 0 Å². The molecular weight excluding hydrogens is 240 g/mol. The lowest BCUT2D eigenvalue weighted by Gasteiger charge is -2.34. The van der Waals surface area contributed by atoms with Gasteiger partial charge in [0.05, 0.1) is 20.3 Å². The molecule has 1 aromatic rings. The van der Waals surface area contributed by atoms with Crippen LogP contribution in [0.15, 0.2) is 18.2 Å². The number of methoxy groups -OCH3 is 2. The Hall–Kier alpha value is -1.26. The van der Waals surface area contributed by atoms with Gasteiger partial charge in [-0.1, -0.05) is 19.8 Å². The van der Waals surface area contributed by atoms with E-state index in [9.17, 15) is 0 Å². The van der Waals surface area contributed by atoms with Crippen molar-refractivity contribution in [3.8, 4) is 11.5 Å². The highest BCUT2D eigenvalue weighted by atomic mass is 16.5. The smallest absolute Gasteiger partial charge is 0.122 e. The molecule has 1 unspecified atom stereocenters. The summed E-state index contributed by atoms with van der Waals surface area (Å²) in [6.45, 7) is 2.30. The van der Waals surface area contributed by atoms with E-state index in [1.807, 2.05) is 18.2 Å². The van der Waals surface area contributed by atoms with E-state index in [1.54, 1.807) is 14.2 Å². The Morgan fingerprint density at radius 3 is 2.05 bits per heavy atom. The Balaban J connectivity index is 2.36. The molecule has 1 aliphatic rings. The Morgan fingerprint density at radius 1 is 1.11 bits per heavy atom. The fourth-order valence-electron chi connectivity index (χ4n) is 3.17. The maximum Gasteiger partial charge on any atom is 0.122 e. The predicted octanol–water partition coefficient (Wildman–Crippen LogP) is 2.79. The Morgan fingerprint density at radius 2 is 1.63 bits per heavy atom. The molecule has 0 spiro atoms. The number of hydrazine groups is 1. The second-order valence-corrected chi connectivity index (χ2v) is 5.61. The second kappa shape index (κ2) is 5.80. The van der Waals surface area contributed by atoms with E-state index in [4.69, 9.17) is 15.3 Å². The highest BCUT2D eigenvalue weighted by molar-refractivity contribution is 5.40. The van der Waals surface area contributed by atoms with Crippen LogP contribution in [0.5, 0.6) is 11.5 Å². The van der Waals surface area contributed by atoms with Crippen LogP contribution in [-0.2, 0) is 0 Å².